The Kier molecular flexibility index (Phi) is 4.29. The second-order valence-electron chi connectivity index (χ2n) is 7.15. The Bertz CT molecular complexity index is 880. The van der Waals surface area contributed by atoms with Crippen molar-refractivity contribution in [2.75, 3.05) is 0 Å². The van der Waals surface area contributed by atoms with Crippen molar-refractivity contribution in [3.63, 3.8) is 0 Å². The monoisotopic (exact) mass is 354 g/mol. The number of aromatic nitrogens is 3. The molecule has 1 aliphatic carbocycles. The van der Waals surface area contributed by atoms with Crippen LogP contribution in [0.1, 0.15) is 42.6 Å². The molecule has 4 rings (SSSR count). The van der Waals surface area contributed by atoms with Gasteiger partial charge >= 0.3 is 0 Å². The van der Waals surface area contributed by atoms with Crippen LogP contribution in [0.3, 0.4) is 0 Å². The van der Waals surface area contributed by atoms with Crippen LogP contribution in [0.25, 0.3) is 11.2 Å². The molecule has 1 fully saturated rings. The molecule has 3 aromatic rings. The van der Waals surface area contributed by atoms with Gasteiger partial charge < -0.3 is 9.47 Å². The van der Waals surface area contributed by atoms with Crippen LogP contribution in [-0.4, -0.2) is 31.4 Å². The van der Waals surface area contributed by atoms with E-state index in [1.54, 1.807) is 17.5 Å². The molecular formula is C19H22N4OS. The van der Waals surface area contributed by atoms with E-state index < -0.39 is 0 Å². The number of pyridine rings is 1. The van der Waals surface area contributed by atoms with Gasteiger partial charge in [0.15, 0.2) is 5.65 Å². The van der Waals surface area contributed by atoms with E-state index in [1.807, 2.05) is 17.3 Å². The normalized spacial score (nSPS) is 14.4. The molecule has 0 atom stereocenters. The molecule has 5 nitrogen and oxygen atoms in total. The van der Waals surface area contributed by atoms with Gasteiger partial charge in [-0.1, -0.05) is 13.8 Å². The summed E-state index contributed by atoms with van der Waals surface area (Å²) in [6, 6.07) is 4.33. The van der Waals surface area contributed by atoms with Gasteiger partial charge in [0.05, 0.1) is 11.9 Å². The first-order chi connectivity index (χ1) is 12.1. The van der Waals surface area contributed by atoms with E-state index >= 15 is 0 Å². The topological polar surface area (TPSA) is 51.0 Å². The molecule has 130 valence electrons. The molecule has 1 aliphatic rings. The predicted octanol–water partition coefficient (Wildman–Crippen LogP) is 3.95. The third-order valence-corrected chi connectivity index (χ3v) is 5.18. The molecule has 0 spiro atoms. The van der Waals surface area contributed by atoms with Crippen LogP contribution in [0.15, 0.2) is 35.4 Å². The Balaban J connectivity index is 1.60. The van der Waals surface area contributed by atoms with Crippen molar-refractivity contribution in [3.8, 4) is 0 Å². The van der Waals surface area contributed by atoms with Crippen LogP contribution >= 0.6 is 11.3 Å². The van der Waals surface area contributed by atoms with Crippen LogP contribution in [0.5, 0.6) is 0 Å². The van der Waals surface area contributed by atoms with Gasteiger partial charge in [0.2, 0.25) is 0 Å². The molecule has 6 heteroatoms. The summed E-state index contributed by atoms with van der Waals surface area (Å²) in [7, 11) is 0. The van der Waals surface area contributed by atoms with Gasteiger partial charge in [-0.05, 0) is 47.2 Å². The lowest BCUT2D eigenvalue weighted by atomic mass is 10.2. The Morgan fingerprint density at radius 2 is 2.24 bits per heavy atom. The second-order valence-corrected chi connectivity index (χ2v) is 7.93. The highest BCUT2D eigenvalue weighted by molar-refractivity contribution is 7.07. The lowest BCUT2D eigenvalue weighted by Gasteiger charge is -2.22. The van der Waals surface area contributed by atoms with Crippen molar-refractivity contribution in [1.82, 2.24) is 19.4 Å². The minimum atomic E-state index is 0.0570. The van der Waals surface area contributed by atoms with Crippen molar-refractivity contribution in [1.29, 1.82) is 0 Å². The van der Waals surface area contributed by atoms with E-state index in [4.69, 9.17) is 0 Å². The van der Waals surface area contributed by atoms with Gasteiger partial charge in [0.1, 0.15) is 5.52 Å². The molecule has 1 amide bonds. The Morgan fingerprint density at radius 3 is 2.92 bits per heavy atom. The number of rotatable bonds is 6. The predicted molar refractivity (Wildman–Crippen MR) is 99.6 cm³/mol. The van der Waals surface area contributed by atoms with Gasteiger partial charge in [-0.3, -0.25) is 4.79 Å². The van der Waals surface area contributed by atoms with Gasteiger partial charge in [-0.15, -0.1) is 0 Å². The zero-order valence-corrected chi connectivity index (χ0v) is 15.4. The Labute approximate surface area is 151 Å². The summed E-state index contributed by atoms with van der Waals surface area (Å²) in [4.78, 5) is 24.0. The van der Waals surface area contributed by atoms with Crippen molar-refractivity contribution in [2.24, 2.45) is 5.92 Å². The summed E-state index contributed by atoms with van der Waals surface area (Å²) < 4.78 is 2.05. The summed E-state index contributed by atoms with van der Waals surface area (Å²) in [5.41, 5.74) is 3.46. The summed E-state index contributed by atoms with van der Waals surface area (Å²) in [5, 5.41) is 4.16. The summed E-state index contributed by atoms with van der Waals surface area (Å²) in [6.45, 7) is 5.89. The third kappa shape index (κ3) is 3.44. The molecule has 0 unspecified atom stereocenters. The van der Waals surface area contributed by atoms with Crippen LogP contribution in [0.4, 0.5) is 0 Å². The molecule has 0 aliphatic heterocycles. The number of amides is 1. The molecule has 0 aromatic carbocycles. The number of imidazole rings is 1. The van der Waals surface area contributed by atoms with Crippen LogP contribution in [-0.2, 0) is 13.1 Å². The molecule has 1 saturated carbocycles. The number of hydrogen-bond acceptors (Lipinski definition) is 4. The Morgan fingerprint density at radius 1 is 1.40 bits per heavy atom. The zero-order chi connectivity index (χ0) is 17.4. The van der Waals surface area contributed by atoms with Crippen molar-refractivity contribution >= 4 is 28.4 Å². The number of hydrogen-bond donors (Lipinski definition) is 0. The van der Waals surface area contributed by atoms with Crippen LogP contribution in [0.2, 0.25) is 0 Å². The Hall–Kier alpha value is -2.21. The average Bonchev–Trinajstić information content (AvgIpc) is 3.16. The van der Waals surface area contributed by atoms with Crippen molar-refractivity contribution in [3.05, 3.63) is 46.5 Å². The third-order valence-electron chi connectivity index (χ3n) is 4.45. The SMILES string of the molecule is CC(C)Cn1cnc2cc(C(=O)N(Cc3ccsc3)C3CC3)cnc21. The largest absolute Gasteiger partial charge is 0.331 e. The van der Waals surface area contributed by atoms with E-state index in [0.717, 1.165) is 30.6 Å². The lowest BCUT2D eigenvalue weighted by Crippen LogP contribution is -2.32. The van der Waals surface area contributed by atoms with Gasteiger partial charge in [0, 0.05) is 25.3 Å². The highest BCUT2D eigenvalue weighted by Gasteiger charge is 2.33. The van der Waals surface area contributed by atoms with E-state index in [-0.39, 0.29) is 5.91 Å². The van der Waals surface area contributed by atoms with E-state index in [1.165, 1.54) is 5.56 Å². The van der Waals surface area contributed by atoms with E-state index in [2.05, 4.69) is 45.2 Å². The summed E-state index contributed by atoms with van der Waals surface area (Å²) in [6.07, 6.45) is 5.70. The van der Waals surface area contributed by atoms with Gasteiger partial charge in [-0.25, -0.2) is 9.97 Å². The van der Waals surface area contributed by atoms with Crippen LogP contribution in [0, 0.1) is 5.92 Å². The molecule has 0 radical (unpaired) electrons. The average molecular weight is 354 g/mol. The first-order valence-electron chi connectivity index (χ1n) is 8.74. The minimum Gasteiger partial charge on any atom is -0.331 e. The van der Waals surface area contributed by atoms with E-state index in [9.17, 15) is 4.79 Å². The number of thiophene rings is 1. The molecule has 0 bridgehead atoms. The fourth-order valence-corrected chi connectivity index (χ4v) is 3.75. The number of fused-ring (bicyclic) bond motifs is 1. The standard InChI is InChI=1S/C19H22N4OS/c1-13(2)9-22-12-21-17-7-15(8-20-18(17)22)19(24)23(16-3-4-16)10-14-5-6-25-11-14/h5-8,11-13,16H,3-4,9-10H2,1-2H3. The maximum absolute atomic E-state index is 13.0. The first-order valence-corrected chi connectivity index (χ1v) is 9.69. The molecule has 0 N–H and O–H groups in total. The number of carbonyl (C=O) groups excluding carboxylic acids is 1. The van der Waals surface area contributed by atoms with Crippen molar-refractivity contribution < 1.29 is 4.79 Å². The maximum atomic E-state index is 13.0. The lowest BCUT2D eigenvalue weighted by molar-refractivity contribution is 0.0730. The fraction of sp³-hybridized carbons (Fsp3) is 0.421. The summed E-state index contributed by atoms with van der Waals surface area (Å²) >= 11 is 1.67. The highest BCUT2D eigenvalue weighted by atomic mass is 32.1. The van der Waals surface area contributed by atoms with Gasteiger partial charge in [-0.2, -0.15) is 11.3 Å². The quantitative estimate of drug-likeness (QED) is 0.673. The smallest absolute Gasteiger partial charge is 0.256 e. The minimum absolute atomic E-state index is 0.0570. The second kappa shape index (κ2) is 6.59. The number of nitrogens with zero attached hydrogens (tertiary/aromatic N) is 4. The molecule has 0 saturated heterocycles. The van der Waals surface area contributed by atoms with Gasteiger partial charge in [0.25, 0.3) is 5.91 Å². The van der Waals surface area contributed by atoms with E-state index in [0.29, 0.717) is 24.1 Å². The zero-order valence-electron chi connectivity index (χ0n) is 14.6. The first kappa shape index (κ1) is 16.3. The maximum Gasteiger partial charge on any atom is 0.256 e. The molecule has 3 heterocycles. The number of carbonyl (C=O) groups is 1. The molecule has 25 heavy (non-hydrogen) atoms. The van der Waals surface area contributed by atoms with Crippen molar-refractivity contribution in [2.45, 2.75) is 45.8 Å². The molecular weight excluding hydrogens is 332 g/mol. The summed E-state index contributed by atoms with van der Waals surface area (Å²) in [5.74, 6) is 0.581. The highest BCUT2D eigenvalue weighted by Crippen LogP contribution is 2.30. The molecule has 3 aromatic heterocycles. The fourth-order valence-electron chi connectivity index (χ4n) is 3.09. The van der Waals surface area contributed by atoms with Crippen LogP contribution < -0.4 is 0 Å².